The van der Waals surface area contributed by atoms with Crippen LogP contribution in [0.1, 0.15) is 20.8 Å². The van der Waals surface area contributed by atoms with Gasteiger partial charge in [-0.25, -0.2) is 4.39 Å². The fourth-order valence-corrected chi connectivity index (χ4v) is 1.48. The number of nitro groups is 1. The molecule has 6 heteroatoms. The molecule has 0 saturated carbocycles. The summed E-state index contributed by atoms with van der Waals surface area (Å²) in [6, 6.07) is 3.57. The second-order valence-corrected chi connectivity index (χ2v) is 4.85. The van der Waals surface area contributed by atoms with Crippen molar-refractivity contribution in [2.24, 2.45) is 5.92 Å². The van der Waals surface area contributed by atoms with Gasteiger partial charge < -0.3 is 10.1 Å². The summed E-state index contributed by atoms with van der Waals surface area (Å²) in [6.07, 6.45) is 0. The van der Waals surface area contributed by atoms with Crippen LogP contribution >= 0.6 is 0 Å². The van der Waals surface area contributed by atoms with E-state index in [1.807, 2.05) is 20.8 Å². The maximum absolute atomic E-state index is 13.1. The summed E-state index contributed by atoms with van der Waals surface area (Å²) >= 11 is 0. The molecule has 0 amide bonds. The minimum Gasteiger partial charge on any atom is -0.486 e. The van der Waals surface area contributed by atoms with Crippen molar-refractivity contribution in [2.45, 2.75) is 26.8 Å². The number of nitrogens with one attached hydrogen (secondary N) is 1. The summed E-state index contributed by atoms with van der Waals surface area (Å²) < 4.78 is 18.4. The van der Waals surface area contributed by atoms with E-state index in [2.05, 4.69) is 5.32 Å². The third-order valence-electron chi connectivity index (χ3n) is 2.52. The standard InChI is InChI=1S/C13H19FN2O3/c1-9(2)15-7-10(3)8-19-13-6-11(14)4-5-12(13)16(17)18/h4-6,9-10,15H,7-8H2,1-3H3. The summed E-state index contributed by atoms with van der Waals surface area (Å²) in [5.74, 6) is -0.403. The van der Waals surface area contributed by atoms with Gasteiger partial charge in [0.1, 0.15) is 5.82 Å². The number of ether oxygens (including phenoxy) is 1. The van der Waals surface area contributed by atoms with E-state index in [-0.39, 0.29) is 17.4 Å². The van der Waals surface area contributed by atoms with Gasteiger partial charge in [0.05, 0.1) is 11.5 Å². The van der Waals surface area contributed by atoms with Gasteiger partial charge in [0.25, 0.3) is 0 Å². The first-order valence-electron chi connectivity index (χ1n) is 6.20. The van der Waals surface area contributed by atoms with Gasteiger partial charge in [-0.3, -0.25) is 10.1 Å². The average molecular weight is 270 g/mol. The lowest BCUT2D eigenvalue weighted by Crippen LogP contribution is -2.30. The van der Waals surface area contributed by atoms with E-state index in [1.165, 1.54) is 0 Å². The highest BCUT2D eigenvalue weighted by atomic mass is 19.1. The Hall–Kier alpha value is -1.69. The molecule has 19 heavy (non-hydrogen) atoms. The number of benzene rings is 1. The first-order chi connectivity index (χ1) is 8.90. The SMILES string of the molecule is CC(CNC(C)C)COc1cc(F)ccc1[N+](=O)[O-]. The molecule has 0 radical (unpaired) electrons. The largest absolute Gasteiger partial charge is 0.486 e. The second kappa shape index (κ2) is 7.04. The Morgan fingerprint density at radius 2 is 2.11 bits per heavy atom. The van der Waals surface area contributed by atoms with Crippen LogP contribution in [0.2, 0.25) is 0 Å². The molecule has 0 aliphatic rings. The Morgan fingerprint density at radius 1 is 1.42 bits per heavy atom. The van der Waals surface area contributed by atoms with Crippen molar-refractivity contribution in [3.8, 4) is 5.75 Å². The molecule has 0 fully saturated rings. The molecule has 1 rings (SSSR count). The Balaban J connectivity index is 2.61. The molecule has 106 valence electrons. The van der Waals surface area contributed by atoms with Gasteiger partial charge in [-0.1, -0.05) is 20.8 Å². The predicted octanol–water partition coefficient (Wildman–Crippen LogP) is 2.75. The number of hydrogen-bond donors (Lipinski definition) is 1. The van der Waals surface area contributed by atoms with Crippen molar-refractivity contribution in [1.82, 2.24) is 5.32 Å². The van der Waals surface area contributed by atoms with Crippen LogP contribution in [0.15, 0.2) is 18.2 Å². The van der Waals surface area contributed by atoms with Crippen molar-refractivity contribution in [3.05, 3.63) is 34.1 Å². The van der Waals surface area contributed by atoms with Gasteiger partial charge in [-0.05, 0) is 6.07 Å². The molecule has 1 atom stereocenters. The van der Waals surface area contributed by atoms with E-state index in [0.29, 0.717) is 12.6 Å². The van der Waals surface area contributed by atoms with E-state index in [4.69, 9.17) is 4.74 Å². The summed E-state index contributed by atoms with van der Waals surface area (Å²) in [4.78, 5) is 10.2. The number of halogens is 1. The minimum absolute atomic E-state index is 0.0265. The van der Waals surface area contributed by atoms with Gasteiger partial charge in [0.15, 0.2) is 5.75 Å². The molecule has 1 N–H and O–H groups in total. The molecule has 1 aromatic carbocycles. The van der Waals surface area contributed by atoms with Gasteiger partial charge in [0, 0.05) is 30.6 Å². The van der Waals surface area contributed by atoms with Crippen molar-refractivity contribution < 1.29 is 14.1 Å². The van der Waals surface area contributed by atoms with E-state index < -0.39 is 10.7 Å². The van der Waals surface area contributed by atoms with Crippen LogP contribution in [-0.2, 0) is 0 Å². The van der Waals surface area contributed by atoms with Crippen LogP contribution in [-0.4, -0.2) is 24.1 Å². The molecule has 0 aliphatic heterocycles. The van der Waals surface area contributed by atoms with E-state index in [0.717, 1.165) is 24.7 Å². The summed E-state index contributed by atoms with van der Waals surface area (Å²) in [5.41, 5.74) is -0.217. The quantitative estimate of drug-likeness (QED) is 0.611. The fourth-order valence-electron chi connectivity index (χ4n) is 1.48. The number of nitrogens with zero attached hydrogens (tertiary/aromatic N) is 1. The maximum Gasteiger partial charge on any atom is 0.311 e. The molecule has 0 aromatic heterocycles. The summed E-state index contributed by atoms with van der Waals surface area (Å²) in [6.45, 7) is 7.06. The first-order valence-corrected chi connectivity index (χ1v) is 6.20. The molecular formula is C13H19FN2O3. The maximum atomic E-state index is 13.1. The van der Waals surface area contributed by atoms with E-state index in [9.17, 15) is 14.5 Å². The lowest BCUT2D eigenvalue weighted by atomic mass is 10.2. The number of rotatable bonds is 7. The van der Waals surface area contributed by atoms with Gasteiger partial charge in [0.2, 0.25) is 0 Å². The molecule has 0 heterocycles. The zero-order chi connectivity index (χ0) is 14.4. The predicted molar refractivity (Wildman–Crippen MR) is 70.9 cm³/mol. The highest BCUT2D eigenvalue weighted by Crippen LogP contribution is 2.27. The van der Waals surface area contributed by atoms with Crippen molar-refractivity contribution >= 4 is 5.69 Å². The molecule has 5 nitrogen and oxygen atoms in total. The van der Waals surface area contributed by atoms with Crippen molar-refractivity contribution in [1.29, 1.82) is 0 Å². The Bertz CT molecular complexity index is 438. The van der Waals surface area contributed by atoms with Crippen LogP contribution in [0, 0.1) is 21.8 Å². The molecule has 0 bridgehead atoms. The Labute approximate surface area is 111 Å². The zero-order valence-electron chi connectivity index (χ0n) is 11.4. The third-order valence-corrected chi connectivity index (χ3v) is 2.52. The lowest BCUT2D eigenvalue weighted by Gasteiger charge is -2.15. The molecule has 0 aliphatic carbocycles. The van der Waals surface area contributed by atoms with Crippen LogP contribution < -0.4 is 10.1 Å². The minimum atomic E-state index is -0.578. The lowest BCUT2D eigenvalue weighted by molar-refractivity contribution is -0.386. The van der Waals surface area contributed by atoms with Crippen LogP contribution in [0.5, 0.6) is 5.75 Å². The zero-order valence-corrected chi connectivity index (χ0v) is 11.4. The van der Waals surface area contributed by atoms with Crippen LogP contribution in [0.3, 0.4) is 0 Å². The molecular weight excluding hydrogens is 251 g/mol. The normalized spacial score (nSPS) is 12.5. The van der Waals surface area contributed by atoms with Gasteiger partial charge in [-0.2, -0.15) is 0 Å². The summed E-state index contributed by atoms with van der Waals surface area (Å²) in [7, 11) is 0. The topological polar surface area (TPSA) is 64.4 Å². The fraction of sp³-hybridized carbons (Fsp3) is 0.538. The Kier molecular flexibility index (Phi) is 5.69. The number of hydrogen-bond acceptors (Lipinski definition) is 4. The van der Waals surface area contributed by atoms with Crippen LogP contribution in [0.4, 0.5) is 10.1 Å². The first kappa shape index (κ1) is 15.4. The average Bonchev–Trinajstić information content (AvgIpc) is 2.33. The highest BCUT2D eigenvalue weighted by molar-refractivity contribution is 5.46. The Morgan fingerprint density at radius 3 is 2.68 bits per heavy atom. The van der Waals surface area contributed by atoms with Crippen molar-refractivity contribution in [2.75, 3.05) is 13.2 Å². The molecule has 1 unspecified atom stereocenters. The van der Waals surface area contributed by atoms with Gasteiger partial charge in [-0.15, -0.1) is 0 Å². The third kappa shape index (κ3) is 5.21. The van der Waals surface area contributed by atoms with Gasteiger partial charge >= 0.3 is 5.69 Å². The molecule has 0 spiro atoms. The molecule has 1 aromatic rings. The van der Waals surface area contributed by atoms with E-state index in [1.54, 1.807) is 0 Å². The second-order valence-electron chi connectivity index (χ2n) is 4.85. The monoisotopic (exact) mass is 270 g/mol. The van der Waals surface area contributed by atoms with E-state index >= 15 is 0 Å². The van der Waals surface area contributed by atoms with Crippen molar-refractivity contribution in [3.63, 3.8) is 0 Å². The highest BCUT2D eigenvalue weighted by Gasteiger charge is 2.16. The number of nitro benzene ring substituents is 1. The molecule has 0 saturated heterocycles. The summed E-state index contributed by atoms with van der Waals surface area (Å²) in [5, 5.41) is 14.0. The van der Waals surface area contributed by atoms with Crippen LogP contribution in [0.25, 0.3) is 0 Å². The smallest absolute Gasteiger partial charge is 0.311 e.